The number of rotatable bonds is 8. The molecule has 1 aromatic carbocycles. The Morgan fingerprint density at radius 3 is 2.70 bits per heavy atom. The number of nitrogens with one attached hydrogen (secondary N) is 2. The number of hydrogen-bond donors (Lipinski definition) is 2. The Labute approximate surface area is 138 Å². The third-order valence-corrected chi connectivity index (χ3v) is 5.53. The molecule has 2 N–H and O–H groups in total. The van der Waals surface area contributed by atoms with E-state index in [2.05, 4.69) is 32.6 Å². The van der Waals surface area contributed by atoms with E-state index >= 15 is 0 Å². The van der Waals surface area contributed by atoms with Crippen molar-refractivity contribution < 1.29 is 8.42 Å². The van der Waals surface area contributed by atoms with Gasteiger partial charge in [-0.25, -0.2) is 8.42 Å². The predicted molar refractivity (Wildman–Crippen MR) is 91.8 cm³/mol. The van der Waals surface area contributed by atoms with Gasteiger partial charge in [0, 0.05) is 14.6 Å². The summed E-state index contributed by atoms with van der Waals surface area (Å²) in [4.78, 5) is 0. The molecule has 0 saturated heterocycles. The third-order valence-electron chi connectivity index (χ3n) is 3.05. The van der Waals surface area contributed by atoms with Gasteiger partial charge < -0.3 is 5.32 Å². The number of benzene rings is 1. The molecule has 0 unspecified atom stereocenters. The van der Waals surface area contributed by atoms with Crippen LogP contribution in [0.25, 0.3) is 0 Å². The summed E-state index contributed by atoms with van der Waals surface area (Å²) in [6.45, 7) is 0.901. The van der Waals surface area contributed by atoms with Gasteiger partial charge in [0.05, 0.1) is 11.4 Å². The lowest BCUT2D eigenvalue weighted by molar-refractivity contribution is 0.591. The van der Waals surface area contributed by atoms with Crippen LogP contribution in [-0.4, -0.2) is 26.8 Å². The molecule has 7 heteroatoms. The number of anilines is 1. The van der Waals surface area contributed by atoms with E-state index in [4.69, 9.17) is 11.6 Å². The zero-order valence-electron chi connectivity index (χ0n) is 11.0. The Kier molecular flexibility index (Phi) is 5.95. The lowest BCUT2D eigenvalue weighted by Crippen LogP contribution is -2.20. The van der Waals surface area contributed by atoms with Crippen molar-refractivity contribution in [1.29, 1.82) is 0 Å². The second kappa shape index (κ2) is 7.29. The largest absolute Gasteiger partial charge is 0.314 e. The maximum Gasteiger partial charge on any atom is 0.232 e. The van der Waals surface area contributed by atoms with E-state index in [1.54, 1.807) is 18.2 Å². The monoisotopic (exact) mass is 428 g/mol. The first kappa shape index (κ1) is 16.3. The first-order valence-corrected chi connectivity index (χ1v) is 9.76. The molecule has 20 heavy (non-hydrogen) atoms. The van der Waals surface area contributed by atoms with Crippen LogP contribution in [0.15, 0.2) is 18.2 Å². The lowest BCUT2D eigenvalue weighted by Gasteiger charge is -2.10. The number of sulfonamides is 1. The average molecular weight is 429 g/mol. The van der Waals surface area contributed by atoms with Gasteiger partial charge in [-0.15, -0.1) is 0 Å². The summed E-state index contributed by atoms with van der Waals surface area (Å²) in [6, 6.07) is 5.79. The van der Waals surface area contributed by atoms with Crippen molar-refractivity contribution in [3.05, 3.63) is 26.8 Å². The molecule has 0 aromatic heterocycles. The minimum atomic E-state index is -3.28. The summed E-state index contributed by atoms with van der Waals surface area (Å²) in [5.74, 6) is 0.151. The number of hydrogen-bond acceptors (Lipinski definition) is 3. The van der Waals surface area contributed by atoms with E-state index in [9.17, 15) is 8.42 Å². The van der Waals surface area contributed by atoms with Gasteiger partial charge in [0.2, 0.25) is 10.0 Å². The van der Waals surface area contributed by atoms with Gasteiger partial charge in [-0.2, -0.15) is 0 Å². The zero-order valence-corrected chi connectivity index (χ0v) is 14.8. The summed E-state index contributed by atoms with van der Waals surface area (Å²) < 4.78 is 27.4. The van der Waals surface area contributed by atoms with Crippen molar-refractivity contribution in [3.8, 4) is 0 Å². The molecule has 4 nitrogen and oxygen atoms in total. The van der Waals surface area contributed by atoms with Crippen molar-refractivity contribution in [3.63, 3.8) is 0 Å². The molecule has 0 atom stereocenters. The molecular formula is C13H18ClIN2O2S. The van der Waals surface area contributed by atoms with Crippen molar-refractivity contribution in [2.75, 3.05) is 17.0 Å². The van der Waals surface area contributed by atoms with Gasteiger partial charge in [-0.1, -0.05) is 11.6 Å². The van der Waals surface area contributed by atoms with Crippen LogP contribution in [0, 0.1) is 3.57 Å². The topological polar surface area (TPSA) is 58.2 Å². The van der Waals surface area contributed by atoms with Gasteiger partial charge in [0.25, 0.3) is 0 Å². The van der Waals surface area contributed by atoms with Gasteiger partial charge in [0.15, 0.2) is 0 Å². The summed E-state index contributed by atoms with van der Waals surface area (Å²) in [6.07, 6.45) is 4.07. The van der Waals surface area contributed by atoms with Crippen LogP contribution in [0.1, 0.15) is 25.7 Å². The number of halogens is 2. The second-order valence-electron chi connectivity index (χ2n) is 4.98. The quantitative estimate of drug-likeness (QED) is 0.494. The van der Waals surface area contributed by atoms with Crippen molar-refractivity contribution in [1.82, 2.24) is 5.32 Å². The molecule has 0 amide bonds. The van der Waals surface area contributed by atoms with Crippen molar-refractivity contribution in [2.45, 2.75) is 31.7 Å². The molecule has 0 radical (unpaired) electrons. The number of unbranched alkanes of at least 4 members (excludes halogenated alkanes) is 1. The Morgan fingerprint density at radius 2 is 2.05 bits per heavy atom. The van der Waals surface area contributed by atoms with E-state index < -0.39 is 10.0 Å². The fraction of sp³-hybridized carbons (Fsp3) is 0.538. The van der Waals surface area contributed by atoms with Crippen LogP contribution < -0.4 is 10.0 Å². The predicted octanol–water partition coefficient (Wildman–Crippen LogP) is 3.22. The summed E-state index contributed by atoms with van der Waals surface area (Å²) in [7, 11) is -3.28. The van der Waals surface area contributed by atoms with E-state index in [0.717, 1.165) is 16.5 Å². The van der Waals surface area contributed by atoms with Crippen molar-refractivity contribution >= 4 is 49.9 Å². The van der Waals surface area contributed by atoms with E-state index in [0.29, 0.717) is 23.2 Å². The molecule has 0 aliphatic heterocycles. The Bertz CT molecular complexity index is 561. The smallest absolute Gasteiger partial charge is 0.232 e. The van der Waals surface area contributed by atoms with Gasteiger partial charge >= 0.3 is 0 Å². The Hall–Kier alpha value is -0.0500. The molecule has 1 fully saturated rings. The molecular weight excluding hydrogens is 411 g/mol. The van der Waals surface area contributed by atoms with Crippen LogP contribution in [-0.2, 0) is 10.0 Å². The average Bonchev–Trinajstić information content (AvgIpc) is 3.16. The molecule has 0 heterocycles. The van der Waals surface area contributed by atoms with Gasteiger partial charge in [-0.05, 0) is 73.0 Å². The Morgan fingerprint density at radius 1 is 1.30 bits per heavy atom. The molecule has 0 bridgehead atoms. The van der Waals surface area contributed by atoms with Crippen LogP contribution in [0.5, 0.6) is 0 Å². The molecule has 1 aromatic rings. The highest BCUT2D eigenvalue weighted by Gasteiger charge is 2.19. The highest BCUT2D eigenvalue weighted by atomic mass is 127. The highest BCUT2D eigenvalue weighted by Crippen LogP contribution is 2.23. The molecule has 1 aliphatic rings. The minimum absolute atomic E-state index is 0.151. The normalized spacial score (nSPS) is 15.3. The third kappa shape index (κ3) is 5.75. The molecule has 2 rings (SSSR count). The lowest BCUT2D eigenvalue weighted by atomic mass is 10.3. The fourth-order valence-corrected chi connectivity index (χ4v) is 4.19. The van der Waals surface area contributed by atoms with Crippen LogP contribution in [0.2, 0.25) is 5.02 Å². The molecule has 112 valence electrons. The summed E-state index contributed by atoms with van der Waals surface area (Å²) in [5, 5.41) is 3.98. The maximum atomic E-state index is 12.0. The molecule has 1 aliphatic carbocycles. The van der Waals surface area contributed by atoms with Crippen molar-refractivity contribution in [2.24, 2.45) is 0 Å². The Balaban J connectivity index is 1.77. The minimum Gasteiger partial charge on any atom is -0.314 e. The van der Waals surface area contributed by atoms with E-state index in [1.165, 1.54) is 12.8 Å². The summed E-state index contributed by atoms with van der Waals surface area (Å²) >= 11 is 7.92. The van der Waals surface area contributed by atoms with E-state index in [1.807, 2.05) is 0 Å². The van der Waals surface area contributed by atoms with Crippen LogP contribution in [0.4, 0.5) is 5.69 Å². The standard InChI is InChI=1S/C13H18ClIN2O2S/c14-10-3-6-13(12(15)9-10)17-20(18,19)8-2-1-7-16-11-4-5-11/h3,6,9,11,16-17H,1-2,4-5,7-8H2. The maximum absolute atomic E-state index is 12.0. The van der Waals surface area contributed by atoms with Crippen LogP contribution >= 0.6 is 34.2 Å². The zero-order chi connectivity index (χ0) is 14.6. The summed E-state index contributed by atoms with van der Waals surface area (Å²) in [5.41, 5.74) is 0.589. The SMILES string of the molecule is O=S(=O)(CCCCNC1CC1)Nc1ccc(Cl)cc1I. The second-order valence-corrected chi connectivity index (χ2v) is 8.42. The van der Waals surface area contributed by atoms with Gasteiger partial charge in [-0.3, -0.25) is 4.72 Å². The van der Waals surface area contributed by atoms with Crippen LogP contribution in [0.3, 0.4) is 0 Å². The van der Waals surface area contributed by atoms with Gasteiger partial charge in [0.1, 0.15) is 0 Å². The fourth-order valence-electron chi connectivity index (χ4n) is 1.80. The molecule has 1 saturated carbocycles. The molecule has 0 spiro atoms. The van der Waals surface area contributed by atoms with E-state index in [-0.39, 0.29) is 5.75 Å². The first-order chi connectivity index (χ1) is 9.46. The highest BCUT2D eigenvalue weighted by molar-refractivity contribution is 14.1. The first-order valence-electron chi connectivity index (χ1n) is 6.65.